The predicted octanol–water partition coefficient (Wildman–Crippen LogP) is 4.15. The molecule has 0 unspecified atom stereocenters. The number of fused-ring (bicyclic) bond motifs is 1. The van der Waals surface area contributed by atoms with Crippen molar-refractivity contribution < 1.29 is 4.42 Å². The molecule has 1 aromatic carbocycles. The molecule has 0 bridgehead atoms. The van der Waals surface area contributed by atoms with E-state index >= 15 is 0 Å². The minimum absolute atomic E-state index is 0.00290. The van der Waals surface area contributed by atoms with Crippen LogP contribution in [0.15, 0.2) is 16.5 Å². The van der Waals surface area contributed by atoms with Crippen molar-refractivity contribution in [3.63, 3.8) is 0 Å². The van der Waals surface area contributed by atoms with Crippen LogP contribution in [0.5, 0.6) is 0 Å². The molecule has 0 saturated carbocycles. The molecule has 2 aromatic rings. The maximum atomic E-state index is 6.22. The molecule has 0 saturated heterocycles. The largest absolute Gasteiger partial charge is 0.458 e. The normalized spacial score (nSPS) is 12.4. The third-order valence-electron chi connectivity index (χ3n) is 2.90. The first-order valence-corrected chi connectivity index (χ1v) is 6.14. The maximum absolute atomic E-state index is 6.22. The number of benzene rings is 1. The molecule has 0 spiro atoms. The molecule has 0 aliphatic carbocycles. The SMILES string of the molecule is Cc1cc(Cl)c2oc(CN)c(C(C)(C)C)c2c1. The molecule has 0 radical (unpaired) electrons. The van der Waals surface area contributed by atoms with E-state index in [0.717, 1.165) is 22.3 Å². The minimum Gasteiger partial charge on any atom is -0.458 e. The van der Waals surface area contributed by atoms with Gasteiger partial charge in [-0.2, -0.15) is 0 Å². The Morgan fingerprint density at radius 1 is 1.29 bits per heavy atom. The molecule has 2 rings (SSSR count). The lowest BCUT2D eigenvalue weighted by molar-refractivity contribution is 0.511. The van der Waals surface area contributed by atoms with Gasteiger partial charge in [-0.25, -0.2) is 0 Å². The van der Waals surface area contributed by atoms with Gasteiger partial charge in [-0.1, -0.05) is 32.4 Å². The number of rotatable bonds is 1. The third kappa shape index (κ3) is 2.07. The molecule has 1 aromatic heterocycles. The fourth-order valence-electron chi connectivity index (χ4n) is 2.31. The lowest BCUT2D eigenvalue weighted by atomic mass is 9.84. The zero-order valence-electron chi connectivity index (χ0n) is 10.7. The van der Waals surface area contributed by atoms with Gasteiger partial charge >= 0.3 is 0 Å². The number of hydrogen-bond acceptors (Lipinski definition) is 2. The summed E-state index contributed by atoms with van der Waals surface area (Å²) < 4.78 is 5.80. The van der Waals surface area contributed by atoms with Crippen LogP contribution in [0, 0.1) is 6.92 Å². The number of aryl methyl sites for hydroxylation is 1. The average Bonchev–Trinajstić information content (AvgIpc) is 2.55. The standard InChI is InChI=1S/C14H18ClNO/c1-8-5-9-12(14(2,3)4)11(7-16)17-13(9)10(15)6-8/h5-6H,7,16H2,1-4H3. The molecule has 1 heterocycles. The second-order valence-electron chi connectivity index (χ2n) is 5.48. The number of furan rings is 1. The summed E-state index contributed by atoms with van der Waals surface area (Å²) in [6.45, 7) is 8.91. The van der Waals surface area contributed by atoms with Gasteiger partial charge in [0.15, 0.2) is 5.58 Å². The molecule has 92 valence electrons. The monoisotopic (exact) mass is 251 g/mol. The Labute approximate surface area is 107 Å². The Morgan fingerprint density at radius 2 is 1.94 bits per heavy atom. The minimum atomic E-state index is -0.00290. The van der Waals surface area contributed by atoms with Gasteiger partial charge in [0.1, 0.15) is 5.76 Å². The van der Waals surface area contributed by atoms with Gasteiger partial charge in [0.25, 0.3) is 0 Å². The van der Waals surface area contributed by atoms with Crippen molar-refractivity contribution >= 4 is 22.6 Å². The molecule has 0 aliphatic rings. The van der Waals surface area contributed by atoms with Crippen LogP contribution in [0.25, 0.3) is 11.0 Å². The fraction of sp³-hybridized carbons (Fsp3) is 0.429. The second kappa shape index (κ2) is 4.04. The van der Waals surface area contributed by atoms with Crippen molar-refractivity contribution in [2.45, 2.75) is 39.7 Å². The summed E-state index contributed by atoms with van der Waals surface area (Å²) in [6.07, 6.45) is 0. The summed E-state index contributed by atoms with van der Waals surface area (Å²) in [6, 6.07) is 4.03. The predicted molar refractivity (Wildman–Crippen MR) is 72.6 cm³/mol. The van der Waals surface area contributed by atoms with E-state index in [1.165, 1.54) is 5.56 Å². The van der Waals surface area contributed by atoms with Crippen LogP contribution in [0.2, 0.25) is 5.02 Å². The summed E-state index contributed by atoms with van der Waals surface area (Å²) in [4.78, 5) is 0. The van der Waals surface area contributed by atoms with Crippen LogP contribution in [-0.2, 0) is 12.0 Å². The van der Waals surface area contributed by atoms with E-state index in [1.54, 1.807) is 0 Å². The molecule has 0 amide bonds. The number of halogens is 1. The van der Waals surface area contributed by atoms with Crippen LogP contribution < -0.4 is 5.73 Å². The van der Waals surface area contributed by atoms with Crippen molar-refractivity contribution in [3.8, 4) is 0 Å². The van der Waals surface area contributed by atoms with E-state index in [4.69, 9.17) is 21.8 Å². The average molecular weight is 252 g/mol. The first-order valence-electron chi connectivity index (χ1n) is 5.76. The highest BCUT2D eigenvalue weighted by atomic mass is 35.5. The summed E-state index contributed by atoms with van der Waals surface area (Å²) in [7, 11) is 0. The van der Waals surface area contributed by atoms with Crippen LogP contribution in [0.4, 0.5) is 0 Å². The van der Waals surface area contributed by atoms with E-state index < -0.39 is 0 Å². The number of hydrogen-bond donors (Lipinski definition) is 1. The van der Waals surface area contributed by atoms with Crippen molar-refractivity contribution in [2.24, 2.45) is 5.73 Å². The zero-order valence-corrected chi connectivity index (χ0v) is 11.5. The maximum Gasteiger partial charge on any atom is 0.153 e. The van der Waals surface area contributed by atoms with Crippen LogP contribution in [-0.4, -0.2) is 0 Å². The Hall–Kier alpha value is -0.990. The summed E-state index contributed by atoms with van der Waals surface area (Å²) >= 11 is 6.22. The van der Waals surface area contributed by atoms with Gasteiger partial charge in [-0.15, -0.1) is 0 Å². The van der Waals surface area contributed by atoms with E-state index in [2.05, 4.69) is 26.8 Å². The van der Waals surface area contributed by atoms with Crippen LogP contribution in [0.1, 0.15) is 37.7 Å². The molecular weight excluding hydrogens is 234 g/mol. The fourth-order valence-corrected chi connectivity index (χ4v) is 2.62. The highest BCUT2D eigenvalue weighted by Crippen LogP contribution is 2.38. The lowest BCUT2D eigenvalue weighted by Gasteiger charge is -2.19. The van der Waals surface area contributed by atoms with Gasteiger partial charge in [0.2, 0.25) is 0 Å². The van der Waals surface area contributed by atoms with E-state index in [-0.39, 0.29) is 5.41 Å². The number of nitrogens with two attached hydrogens (primary N) is 1. The summed E-state index contributed by atoms with van der Waals surface area (Å²) in [5.41, 5.74) is 8.82. The van der Waals surface area contributed by atoms with Crippen molar-refractivity contribution in [3.05, 3.63) is 34.0 Å². The second-order valence-corrected chi connectivity index (χ2v) is 5.88. The smallest absolute Gasteiger partial charge is 0.153 e. The highest BCUT2D eigenvalue weighted by molar-refractivity contribution is 6.35. The van der Waals surface area contributed by atoms with Gasteiger partial charge < -0.3 is 10.2 Å². The van der Waals surface area contributed by atoms with Crippen LogP contribution >= 0.6 is 11.6 Å². The van der Waals surface area contributed by atoms with Gasteiger partial charge in [0.05, 0.1) is 11.6 Å². The van der Waals surface area contributed by atoms with E-state index in [9.17, 15) is 0 Å². The first-order chi connectivity index (χ1) is 7.84. The van der Waals surface area contributed by atoms with Crippen molar-refractivity contribution in [1.29, 1.82) is 0 Å². The zero-order chi connectivity index (χ0) is 12.8. The molecular formula is C14H18ClNO. The molecule has 0 aliphatic heterocycles. The summed E-state index contributed by atoms with van der Waals surface area (Å²) in [5, 5.41) is 1.74. The third-order valence-corrected chi connectivity index (χ3v) is 3.18. The Morgan fingerprint density at radius 3 is 2.47 bits per heavy atom. The molecule has 17 heavy (non-hydrogen) atoms. The van der Waals surface area contributed by atoms with Gasteiger partial charge in [-0.3, -0.25) is 0 Å². The molecule has 0 atom stereocenters. The van der Waals surface area contributed by atoms with Crippen molar-refractivity contribution in [1.82, 2.24) is 0 Å². The lowest BCUT2D eigenvalue weighted by Crippen LogP contribution is -2.14. The van der Waals surface area contributed by atoms with E-state index in [1.807, 2.05) is 13.0 Å². The van der Waals surface area contributed by atoms with Gasteiger partial charge in [-0.05, 0) is 30.0 Å². The Bertz CT molecular complexity index is 564. The Kier molecular flexibility index (Phi) is 2.96. The topological polar surface area (TPSA) is 39.2 Å². The quantitative estimate of drug-likeness (QED) is 0.827. The van der Waals surface area contributed by atoms with Gasteiger partial charge in [0, 0.05) is 10.9 Å². The highest BCUT2D eigenvalue weighted by Gasteiger charge is 2.25. The molecule has 0 fully saturated rings. The Balaban J connectivity index is 2.88. The summed E-state index contributed by atoms with van der Waals surface area (Å²) in [5.74, 6) is 0.833. The van der Waals surface area contributed by atoms with E-state index in [0.29, 0.717) is 11.6 Å². The van der Waals surface area contributed by atoms with Crippen LogP contribution in [0.3, 0.4) is 0 Å². The van der Waals surface area contributed by atoms with Crippen molar-refractivity contribution in [2.75, 3.05) is 0 Å². The molecule has 3 heteroatoms. The molecule has 2 N–H and O–H groups in total. The first kappa shape index (κ1) is 12.5. The molecule has 2 nitrogen and oxygen atoms in total.